The van der Waals surface area contributed by atoms with Crippen LogP contribution in [-0.2, 0) is 11.4 Å². The highest BCUT2D eigenvalue weighted by molar-refractivity contribution is 5.95. The second-order valence-corrected chi connectivity index (χ2v) is 7.99. The largest absolute Gasteiger partial charge is 0.485 e. The quantitative estimate of drug-likeness (QED) is 0.815. The van der Waals surface area contributed by atoms with Crippen LogP contribution in [0.4, 0.5) is 5.69 Å². The molecule has 2 heterocycles. The number of rotatable bonds is 6. The van der Waals surface area contributed by atoms with Crippen molar-refractivity contribution in [1.82, 2.24) is 15.5 Å². The summed E-state index contributed by atoms with van der Waals surface area (Å²) in [7, 11) is 0. The Labute approximate surface area is 157 Å². The average molecular weight is 368 g/mol. The molecule has 3 aliphatic rings. The number of piperidine rings is 1. The number of nitrogens with one attached hydrogen (secondary N) is 2. The Morgan fingerprint density at radius 3 is 2.78 bits per heavy atom. The summed E-state index contributed by atoms with van der Waals surface area (Å²) in [6.07, 6.45) is 5.51. The Morgan fingerprint density at radius 1 is 1.26 bits per heavy atom. The van der Waals surface area contributed by atoms with Crippen molar-refractivity contribution in [3.05, 3.63) is 36.0 Å². The molecule has 2 aliphatic carbocycles. The van der Waals surface area contributed by atoms with Crippen LogP contribution in [0.1, 0.15) is 49.7 Å². The van der Waals surface area contributed by atoms with Crippen LogP contribution in [0.2, 0.25) is 0 Å². The van der Waals surface area contributed by atoms with Crippen LogP contribution in [0.25, 0.3) is 0 Å². The molecule has 5 rings (SSSR count). The van der Waals surface area contributed by atoms with E-state index >= 15 is 0 Å². The number of anilines is 1. The first-order chi connectivity index (χ1) is 13.2. The van der Waals surface area contributed by atoms with Crippen molar-refractivity contribution in [3.63, 3.8) is 0 Å². The van der Waals surface area contributed by atoms with Crippen LogP contribution in [0.15, 0.2) is 28.8 Å². The zero-order valence-corrected chi connectivity index (χ0v) is 15.2. The van der Waals surface area contributed by atoms with Gasteiger partial charge >= 0.3 is 0 Å². The van der Waals surface area contributed by atoms with Crippen LogP contribution >= 0.6 is 0 Å². The lowest BCUT2D eigenvalue weighted by atomic mass is 9.92. The molecule has 2 N–H and O–H groups in total. The molecule has 0 radical (unpaired) electrons. The highest BCUT2D eigenvalue weighted by atomic mass is 16.5. The molecule has 2 aromatic rings. The van der Waals surface area contributed by atoms with Gasteiger partial charge in [-0.2, -0.15) is 4.98 Å². The van der Waals surface area contributed by atoms with E-state index in [1.807, 2.05) is 24.3 Å². The minimum absolute atomic E-state index is 0.143. The van der Waals surface area contributed by atoms with E-state index in [0.717, 1.165) is 56.8 Å². The van der Waals surface area contributed by atoms with Gasteiger partial charge in [0, 0.05) is 17.5 Å². The maximum absolute atomic E-state index is 12.5. The van der Waals surface area contributed by atoms with E-state index in [1.54, 1.807) is 0 Å². The van der Waals surface area contributed by atoms with Gasteiger partial charge in [0.2, 0.25) is 17.6 Å². The Morgan fingerprint density at radius 2 is 2.04 bits per heavy atom. The van der Waals surface area contributed by atoms with Crippen molar-refractivity contribution >= 4 is 11.6 Å². The lowest BCUT2D eigenvalue weighted by molar-refractivity contribution is -0.118. The van der Waals surface area contributed by atoms with Gasteiger partial charge < -0.3 is 19.9 Å². The predicted octanol–water partition coefficient (Wildman–Crippen LogP) is 2.85. The summed E-state index contributed by atoms with van der Waals surface area (Å²) >= 11 is 0. The second kappa shape index (κ2) is 6.64. The summed E-state index contributed by atoms with van der Waals surface area (Å²) in [6.45, 7) is 2.33. The third-order valence-electron chi connectivity index (χ3n) is 6.01. The number of carbonyl (C=O) groups is 1. The minimum atomic E-state index is 0.143. The molecule has 1 atom stereocenters. The highest BCUT2D eigenvalue weighted by Crippen LogP contribution is 2.58. The first-order valence-corrected chi connectivity index (χ1v) is 9.79. The molecule has 1 aromatic heterocycles. The topological polar surface area (TPSA) is 89.3 Å². The molecule has 0 bridgehead atoms. The third-order valence-corrected chi connectivity index (χ3v) is 6.01. The van der Waals surface area contributed by atoms with Gasteiger partial charge in [0.15, 0.2) is 6.61 Å². The zero-order chi connectivity index (χ0) is 18.3. The Bertz CT molecular complexity index is 822. The number of aromatic nitrogens is 2. The first kappa shape index (κ1) is 16.7. The summed E-state index contributed by atoms with van der Waals surface area (Å²) < 4.78 is 10.9. The Balaban J connectivity index is 1.12. The molecule has 142 valence electrons. The number of ether oxygens (including phenoxy) is 1. The van der Waals surface area contributed by atoms with Gasteiger partial charge in [0.05, 0.1) is 0 Å². The van der Waals surface area contributed by atoms with Gasteiger partial charge in [0.1, 0.15) is 5.75 Å². The summed E-state index contributed by atoms with van der Waals surface area (Å²) in [5.74, 6) is 2.75. The smallest absolute Gasteiger partial charge is 0.229 e. The fraction of sp³-hybridized carbons (Fsp3) is 0.550. The van der Waals surface area contributed by atoms with Crippen LogP contribution in [0.5, 0.6) is 5.75 Å². The molecule has 27 heavy (non-hydrogen) atoms. The van der Waals surface area contributed by atoms with Crippen LogP contribution in [0.3, 0.4) is 0 Å². The van der Waals surface area contributed by atoms with Crippen molar-refractivity contribution in [2.24, 2.45) is 11.3 Å². The SMILES string of the molecule is O=C(Nc1ccc(OCc2noc(C3CC3)n2)cc1)C1CC12CCNCC2. The molecular weight excluding hydrogens is 344 g/mol. The molecule has 1 aliphatic heterocycles. The van der Waals surface area contributed by atoms with Crippen LogP contribution in [0, 0.1) is 11.3 Å². The predicted molar refractivity (Wildman–Crippen MR) is 98.3 cm³/mol. The number of nitrogens with zero attached hydrogens (tertiary/aromatic N) is 2. The zero-order valence-electron chi connectivity index (χ0n) is 15.2. The number of hydrogen-bond acceptors (Lipinski definition) is 6. The van der Waals surface area contributed by atoms with E-state index in [-0.39, 0.29) is 23.8 Å². The van der Waals surface area contributed by atoms with E-state index in [9.17, 15) is 4.79 Å². The minimum Gasteiger partial charge on any atom is -0.485 e. The van der Waals surface area contributed by atoms with Crippen molar-refractivity contribution in [1.29, 1.82) is 0 Å². The molecule has 1 amide bonds. The van der Waals surface area contributed by atoms with Gasteiger partial charge in [-0.1, -0.05) is 5.16 Å². The number of benzene rings is 1. The van der Waals surface area contributed by atoms with E-state index in [4.69, 9.17) is 9.26 Å². The van der Waals surface area contributed by atoms with Gasteiger partial charge in [-0.15, -0.1) is 0 Å². The fourth-order valence-electron chi connectivity index (χ4n) is 4.03. The number of amides is 1. The standard InChI is InChI=1S/C20H24N4O3/c25-18(16-11-20(16)7-9-21-10-8-20)22-14-3-5-15(6-4-14)26-12-17-23-19(27-24-17)13-1-2-13/h3-6,13,16,21H,1-2,7-12H2,(H,22,25). The molecule has 1 aromatic carbocycles. The maximum atomic E-state index is 12.5. The third kappa shape index (κ3) is 3.56. The first-order valence-electron chi connectivity index (χ1n) is 9.79. The normalized spacial score (nSPS) is 23.2. The van der Waals surface area contributed by atoms with Crippen molar-refractivity contribution in [2.75, 3.05) is 18.4 Å². The van der Waals surface area contributed by atoms with Crippen LogP contribution < -0.4 is 15.4 Å². The van der Waals surface area contributed by atoms with E-state index in [1.165, 1.54) is 0 Å². The summed E-state index contributed by atoms with van der Waals surface area (Å²) in [5, 5.41) is 10.4. The van der Waals surface area contributed by atoms with Crippen molar-refractivity contribution in [2.45, 2.75) is 44.6 Å². The molecule has 1 spiro atoms. The fourth-order valence-corrected chi connectivity index (χ4v) is 4.03. The molecule has 1 unspecified atom stereocenters. The van der Waals surface area contributed by atoms with E-state index < -0.39 is 0 Å². The van der Waals surface area contributed by atoms with Gasteiger partial charge in [-0.25, -0.2) is 0 Å². The Hall–Kier alpha value is -2.41. The van der Waals surface area contributed by atoms with E-state index in [2.05, 4.69) is 20.8 Å². The maximum Gasteiger partial charge on any atom is 0.229 e. The van der Waals surface area contributed by atoms with Gasteiger partial charge in [-0.3, -0.25) is 4.79 Å². The Kier molecular flexibility index (Phi) is 4.11. The number of hydrogen-bond donors (Lipinski definition) is 2. The highest BCUT2D eigenvalue weighted by Gasteiger charge is 2.57. The van der Waals surface area contributed by atoms with Crippen molar-refractivity contribution in [3.8, 4) is 5.75 Å². The second-order valence-electron chi connectivity index (χ2n) is 7.99. The summed E-state index contributed by atoms with van der Waals surface area (Å²) in [6, 6.07) is 7.45. The number of carbonyl (C=O) groups excluding carboxylic acids is 1. The lowest BCUT2D eigenvalue weighted by Crippen LogP contribution is -2.31. The van der Waals surface area contributed by atoms with Crippen LogP contribution in [-0.4, -0.2) is 29.1 Å². The van der Waals surface area contributed by atoms with Crippen molar-refractivity contribution < 1.29 is 14.1 Å². The molecular formula is C20H24N4O3. The molecule has 1 saturated heterocycles. The average Bonchev–Trinajstić information content (AvgIpc) is 3.61. The monoisotopic (exact) mass is 368 g/mol. The van der Waals surface area contributed by atoms with Gasteiger partial charge in [0.25, 0.3) is 0 Å². The lowest BCUT2D eigenvalue weighted by Gasteiger charge is -2.23. The summed E-state index contributed by atoms with van der Waals surface area (Å²) in [5.41, 5.74) is 1.06. The molecule has 3 fully saturated rings. The van der Waals surface area contributed by atoms with E-state index in [0.29, 0.717) is 17.5 Å². The van der Waals surface area contributed by atoms with Gasteiger partial charge in [-0.05, 0) is 74.9 Å². The summed E-state index contributed by atoms with van der Waals surface area (Å²) in [4.78, 5) is 16.9. The molecule has 7 heteroatoms. The molecule has 7 nitrogen and oxygen atoms in total. The molecule has 2 saturated carbocycles.